The molecule has 0 aromatic rings. The third-order valence-electron chi connectivity index (χ3n) is 1.22. The van der Waals surface area contributed by atoms with E-state index in [9.17, 15) is 0 Å². The molecule has 0 saturated heterocycles. The van der Waals surface area contributed by atoms with E-state index in [1.165, 1.54) is 12.2 Å². The quantitative estimate of drug-likeness (QED) is 0.597. The molecule has 1 heterocycles. The number of nitrogens with two attached hydrogens (primary N) is 1. The Bertz CT molecular complexity index is 124. The molecule has 10 heavy (non-hydrogen) atoms. The number of thioether (sulfide) groups is 1. The Morgan fingerprint density at radius 3 is 3.20 bits per heavy atom. The lowest BCUT2D eigenvalue weighted by Crippen LogP contribution is -2.28. The molecule has 3 N–H and O–H groups in total. The van der Waals surface area contributed by atoms with E-state index < -0.39 is 0 Å². The van der Waals surface area contributed by atoms with Gasteiger partial charge in [-0.2, -0.15) is 0 Å². The van der Waals surface area contributed by atoms with Crippen LogP contribution < -0.4 is 11.1 Å². The maximum atomic E-state index is 5.32. The molecule has 1 rings (SSSR count). The number of hydrogen-bond donors (Lipinski definition) is 2. The predicted octanol–water partition coefficient (Wildman–Crippen LogP) is 0.0276. The van der Waals surface area contributed by atoms with Crippen LogP contribution in [0.1, 0.15) is 6.42 Å². The highest BCUT2D eigenvalue weighted by Crippen LogP contribution is 2.09. The zero-order chi connectivity index (χ0) is 7.23. The summed E-state index contributed by atoms with van der Waals surface area (Å²) < 4.78 is 0. The minimum absolute atomic E-state index is 0.680. The van der Waals surface area contributed by atoms with Crippen molar-refractivity contribution in [3.05, 3.63) is 0 Å². The number of nitrogens with one attached hydrogen (secondary N) is 1. The number of amidine groups is 1. The fourth-order valence-corrected chi connectivity index (χ4v) is 1.60. The van der Waals surface area contributed by atoms with E-state index in [2.05, 4.69) is 10.3 Å². The largest absolute Gasteiger partial charge is 0.364 e. The second-order valence-corrected chi connectivity index (χ2v) is 3.19. The van der Waals surface area contributed by atoms with Gasteiger partial charge in [-0.05, 0) is 6.42 Å². The van der Waals surface area contributed by atoms with Gasteiger partial charge in [0.05, 0.1) is 0 Å². The molecule has 1 aliphatic heterocycles. The Labute approximate surface area is 65.5 Å². The van der Waals surface area contributed by atoms with Crippen LogP contribution in [0.15, 0.2) is 4.99 Å². The lowest BCUT2D eigenvalue weighted by atomic mass is 10.5. The first-order valence-electron chi connectivity index (χ1n) is 3.54. The first kappa shape index (κ1) is 7.88. The molecule has 0 radical (unpaired) electrons. The van der Waals surface area contributed by atoms with Crippen LogP contribution in [0.25, 0.3) is 0 Å². The Hall–Kier alpha value is -0.220. The third-order valence-corrected chi connectivity index (χ3v) is 2.26. The van der Waals surface area contributed by atoms with Gasteiger partial charge in [0.15, 0.2) is 5.17 Å². The van der Waals surface area contributed by atoms with E-state index in [0.717, 1.165) is 18.3 Å². The van der Waals surface area contributed by atoms with Gasteiger partial charge in [-0.15, -0.1) is 0 Å². The highest BCUT2D eigenvalue weighted by Gasteiger charge is 2.02. The van der Waals surface area contributed by atoms with Crippen molar-refractivity contribution in [3.8, 4) is 0 Å². The molecule has 0 saturated carbocycles. The molecule has 0 unspecified atom stereocenters. The fourth-order valence-electron chi connectivity index (χ4n) is 0.746. The van der Waals surface area contributed by atoms with Crippen molar-refractivity contribution in [2.75, 3.05) is 25.4 Å². The van der Waals surface area contributed by atoms with Crippen molar-refractivity contribution in [2.45, 2.75) is 6.42 Å². The van der Waals surface area contributed by atoms with Crippen LogP contribution in [0.3, 0.4) is 0 Å². The van der Waals surface area contributed by atoms with Gasteiger partial charge in [0.1, 0.15) is 0 Å². The number of aliphatic imine (C=N–C) groups is 1. The monoisotopic (exact) mass is 159 g/mol. The summed E-state index contributed by atoms with van der Waals surface area (Å²) in [5.41, 5.74) is 5.32. The molecule has 0 fully saturated rings. The SMILES string of the molecule is NCCNC1=NCCCS1. The maximum absolute atomic E-state index is 5.32. The van der Waals surface area contributed by atoms with Crippen LogP contribution in [0.5, 0.6) is 0 Å². The summed E-state index contributed by atoms with van der Waals surface area (Å²) in [6.45, 7) is 2.49. The van der Waals surface area contributed by atoms with Crippen molar-refractivity contribution in [2.24, 2.45) is 10.7 Å². The summed E-state index contributed by atoms with van der Waals surface area (Å²) in [4.78, 5) is 4.28. The van der Waals surface area contributed by atoms with E-state index in [1.807, 2.05) is 0 Å². The molecule has 3 nitrogen and oxygen atoms in total. The summed E-state index contributed by atoms with van der Waals surface area (Å²) in [7, 11) is 0. The molecule has 0 aromatic carbocycles. The van der Waals surface area contributed by atoms with E-state index in [1.54, 1.807) is 11.8 Å². The fraction of sp³-hybridized carbons (Fsp3) is 0.833. The van der Waals surface area contributed by atoms with Crippen molar-refractivity contribution < 1.29 is 0 Å². The molecule has 0 atom stereocenters. The number of nitrogens with zero attached hydrogens (tertiary/aromatic N) is 1. The summed E-state index contributed by atoms with van der Waals surface area (Å²) in [6, 6.07) is 0. The van der Waals surface area contributed by atoms with Crippen molar-refractivity contribution in [3.63, 3.8) is 0 Å². The highest BCUT2D eigenvalue weighted by molar-refractivity contribution is 8.13. The molecular weight excluding hydrogens is 146 g/mol. The molecule has 0 bridgehead atoms. The highest BCUT2D eigenvalue weighted by atomic mass is 32.2. The Kier molecular flexibility index (Phi) is 3.60. The predicted molar refractivity (Wildman–Crippen MR) is 46.4 cm³/mol. The van der Waals surface area contributed by atoms with Crippen LogP contribution in [-0.4, -0.2) is 30.6 Å². The summed E-state index contributed by atoms with van der Waals surface area (Å²) in [6.07, 6.45) is 1.21. The molecule has 1 aliphatic rings. The first-order chi connectivity index (χ1) is 4.93. The van der Waals surface area contributed by atoms with Crippen LogP contribution in [0, 0.1) is 0 Å². The Morgan fingerprint density at radius 1 is 1.70 bits per heavy atom. The maximum Gasteiger partial charge on any atom is 0.156 e. The number of hydrogen-bond acceptors (Lipinski definition) is 4. The molecule has 0 spiro atoms. The van der Waals surface area contributed by atoms with Crippen molar-refractivity contribution >= 4 is 16.9 Å². The third kappa shape index (κ3) is 2.58. The van der Waals surface area contributed by atoms with Crippen molar-refractivity contribution in [1.82, 2.24) is 5.32 Å². The summed E-state index contributed by atoms with van der Waals surface area (Å²) >= 11 is 1.79. The minimum Gasteiger partial charge on any atom is -0.364 e. The normalized spacial score (nSPS) is 18.3. The van der Waals surface area contributed by atoms with Gasteiger partial charge in [-0.1, -0.05) is 11.8 Å². The smallest absolute Gasteiger partial charge is 0.156 e. The van der Waals surface area contributed by atoms with Gasteiger partial charge in [0, 0.05) is 25.4 Å². The lowest BCUT2D eigenvalue weighted by Gasteiger charge is -2.11. The van der Waals surface area contributed by atoms with Gasteiger partial charge < -0.3 is 11.1 Å². The van der Waals surface area contributed by atoms with Gasteiger partial charge in [-0.25, -0.2) is 0 Å². The molecule has 4 heteroatoms. The van der Waals surface area contributed by atoms with Crippen LogP contribution in [0.4, 0.5) is 0 Å². The molecule has 0 aromatic heterocycles. The second kappa shape index (κ2) is 4.57. The van der Waals surface area contributed by atoms with Gasteiger partial charge in [0.25, 0.3) is 0 Å². The zero-order valence-corrected chi connectivity index (χ0v) is 6.78. The molecule has 0 amide bonds. The summed E-state index contributed by atoms with van der Waals surface area (Å²) in [5, 5.41) is 4.23. The van der Waals surface area contributed by atoms with Gasteiger partial charge in [-0.3, -0.25) is 4.99 Å². The van der Waals surface area contributed by atoms with Crippen LogP contribution in [0.2, 0.25) is 0 Å². The Balaban J connectivity index is 2.18. The lowest BCUT2D eigenvalue weighted by molar-refractivity contribution is 0.860. The minimum atomic E-state index is 0.680. The molecular formula is C6H13N3S. The number of rotatable bonds is 2. The first-order valence-corrected chi connectivity index (χ1v) is 4.53. The standard InChI is InChI=1S/C6H13N3S/c7-2-4-9-6-8-3-1-5-10-6/h1-5,7H2,(H,8,9). The van der Waals surface area contributed by atoms with Gasteiger partial charge >= 0.3 is 0 Å². The molecule has 58 valence electrons. The van der Waals surface area contributed by atoms with E-state index in [-0.39, 0.29) is 0 Å². The van der Waals surface area contributed by atoms with Crippen LogP contribution in [-0.2, 0) is 0 Å². The average Bonchev–Trinajstić information content (AvgIpc) is 2.03. The van der Waals surface area contributed by atoms with Gasteiger partial charge in [0.2, 0.25) is 0 Å². The van der Waals surface area contributed by atoms with E-state index in [4.69, 9.17) is 5.73 Å². The van der Waals surface area contributed by atoms with E-state index in [0.29, 0.717) is 6.54 Å². The van der Waals surface area contributed by atoms with E-state index >= 15 is 0 Å². The topological polar surface area (TPSA) is 50.4 Å². The Morgan fingerprint density at radius 2 is 2.60 bits per heavy atom. The van der Waals surface area contributed by atoms with Crippen LogP contribution >= 0.6 is 11.8 Å². The average molecular weight is 159 g/mol. The molecule has 0 aliphatic carbocycles. The second-order valence-electron chi connectivity index (χ2n) is 2.10. The van der Waals surface area contributed by atoms with Crippen molar-refractivity contribution in [1.29, 1.82) is 0 Å². The zero-order valence-electron chi connectivity index (χ0n) is 5.97. The summed E-state index contributed by atoms with van der Waals surface area (Å²) in [5.74, 6) is 1.19.